The van der Waals surface area contributed by atoms with Gasteiger partial charge in [0.15, 0.2) is 5.96 Å². The first-order chi connectivity index (χ1) is 14.6. The van der Waals surface area contributed by atoms with E-state index in [1.54, 1.807) is 7.05 Å². The number of benzene rings is 1. The third kappa shape index (κ3) is 6.13. The topological polar surface area (TPSA) is 60.0 Å². The molecular weight excluding hydrogens is 374 g/mol. The Morgan fingerprint density at radius 1 is 1.10 bits per heavy atom. The van der Waals surface area contributed by atoms with Crippen molar-refractivity contribution < 1.29 is 4.79 Å². The van der Waals surface area contributed by atoms with Crippen molar-refractivity contribution in [2.24, 2.45) is 10.9 Å². The van der Waals surface area contributed by atoms with Crippen molar-refractivity contribution in [2.75, 3.05) is 39.1 Å². The van der Waals surface area contributed by atoms with E-state index in [0.29, 0.717) is 18.4 Å². The van der Waals surface area contributed by atoms with Gasteiger partial charge in [0, 0.05) is 58.9 Å². The zero-order valence-electron chi connectivity index (χ0n) is 19.0. The molecule has 166 valence electrons. The minimum atomic E-state index is 0.147. The predicted octanol–water partition coefficient (Wildman–Crippen LogP) is 3.38. The van der Waals surface area contributed by atoms with Crippen LogP contribution in [0.5, 0.6) is 0 Å². The maximum absolute atomic E-state index is 11.6. The van der Waals surface area contributed by atoms with Gasteiger partial charge in [-0.05, 0) is 49.3 Å². The van der Waals surface area contributed by atoms with Crippen molar-refractivity contribution >= 4 is 17.6 Å². The molecule has 1 amide bonds. The van der Waals surface area contributed by atoms with Gasteiger partial charge in [-0.3, -0.25) is 9.79 Å². The molecule has 0 aromatic heterocycles. The highest BCUT2D eigenvalue weighted by molar-refractivity contribution is 5.80. The van der Waals surface area contributed by atoms with E-state index in [2.05, 4.69) is 56.7 Å². The fourth-order valence-corrected chi connectivity index (χ4v) is 4.75. The molecule has 1 aliphatic carbocycles. The molecule has 1 aromatic carbocycles. The number of nitrogens with one attached hydrogen (secondary N) is 2. The monoisotopic (exact) mass is 413 g/mol. The molecule has 2 fully saturated rings. The molecular formula is C24H39N5O. The first kappa shape index (κ1) is 22.4. The van der Waals surface area contributed by atoms with Gasteiger partial charge in [-0.2, -0.15) is 0 Å². The number of aliphatic imine (C=N–C) groups is 1. The average Bonchev–Trinajstić information content (AvgIpc) is 2.81. The van der Waals surface area contributed by atoms with E-state index in [9.17, 15) is 4.79 Å². The lowest BCUT2D eigenvalue weighted by molar-refractivity contribution is -0.121. The summed E-state index contributed by atoms with van der Waals surface area (Å²) in [5, 5.41) is 6.25. The first-order valence-corrected chi connectivity index (χ1v) is 11.6. The number of rotatable bonds is 6. The lowest BCUT2D eigenvalue weighted by atomic mass is 9.93. The van der Waals surface area contributed by atoms with Gasteiger partial charge in [0.25, 0.3) is 0 Å². The number of hydrogen-bond acceptors (Lipinski definition) is 3. The van der Waals surface area contributed by atoms with Crippen molar-refractivity contribution in [3.05, 3.63) is 29.8 Å². The van der Waals surface area contributed by atoms with Crippen LogP contribution in [0.2, 0.25) is 0 Å². The van der Waals surface area contributed by atoms with Crippen LogP contribution in [0.3, 0.4) is 0 Å². The van der Waals surface area contributed by atoms with Gasteiger partial charge in [0.1, 0.15) is 0 Å². The molecule has 6 heteroatoms. The highest BCUT2D eigenvalue weighted by Gasteiger charge is 2.23. The highest BCUT2D eigenvalue weighted by atomic mass is 16.1. The van der Waals surface area contributed by atoms with Gasteiger partial charge in [-0.15, -0.1) is 0 Å². The third-order valence-electron chi connectivity index (χ3n) is 6.80. The van der Waals surface area contributed by atoms with E-state index < -0.39 is 0 Å². The Bertz CT molecular complexity index is 688. The van der Waals surface area contributed by atoms with E-state index in [4.69, 9.17) is 0 Å². The summed E-state index contributed by atoms with van der Waals surface area (Å²) in [6, 6.07) is 9.64. The molecule has 2 aliphatic rings. The summed E-state index contributed by atoms with van der Waals surface area (Å²) in [4.78, 5) is 20.9. The minimum absolute atomic E-state index is 0.147. The van der Waals surface area contributed by atoms with E-state index >= 15 is 0 Å². The number of anilines is 1. The molecule has 1 saturated heterocycles. The summed E-state index contributed by atoms with van der Waals surface area (Å²) in [6.45, 7) is 2.68. The normalized spacial score (nSPS) is 18.9. The number of likely N-dealkylation sites (tertiary alicyclic amines) is 1. The maximum Gasteiger partial charge on any atom is 0.220 e. The average molecular weight is 414 g/mol. The van der Waals surface area contributed by atoms with Crippen LogP contribution in [-0.2, 0) is 11.3 Å². The van der Waals surface area contributed by atoms with Gasteiger partial charge in [-0.1, -0.05) is 31.4 Å². The summed E-state index contributed by atoms with van der Waals surface area (Å²) in [5.41, 5.74) is 2.58. The number of nitrogens with zero attached hydrogens (tertiary/aromatic N) is 3. The number of carbonyl (C=O) groups is 1. The van der Waals surface area contributed by atoms with Crippen LogP contribution in [0.15, 0.2) is 29.3 Å². The summed E-state index contributed by atoms with van der Waals surface area (Å²) < 4.78 is 0. The van der Waals surface area contributed by atoms with Crippen LogP contribution in [0, 0.1) is 5.92 Å². The molecule has 1 saturated carbocycles. The molecule has 3 rings (SSSR count). The third-order valence-corrected chi connectivity index (χ3v) is 6.80. The molecule has 1 heterocycles. The summed E-state index contributed by atoms with van der Waals surface area (Å²) in [7, 11) is 5.80. The molecule has 1 aliphatic heterocycles. The molecule has 0 radical (unpaired) electrons. The summed E-state index contributed by atoms with van der Waals surface area (Å²) in [6.07, 6.45) is 9.46. The molecule has 6 nitrogen and oxygen atoms in total. The Labute approximate surface area is 182 Å². The van der Waals surface area contributed by atoms with Crippen LogP contribution in [0.25, 0.3) is 0 Å². The number of hydrogen-bond donors (Lipinski definition) is 2. The van der Waals surface area contributed by atoms with Crippen molar-refractivity contribution in [1.82, 2.24) is 15.5 Å². The SMILES string of the molecule is CN=C(NCc1ccc(N(C)C2CCCCC2)cc1)N1CCC(CC(=O)NC)CC1. The van der Waals surface area contributed by atoms with Gasteiger partial charge in [0.2, 0.25) is 5.91 Å². The second-order valence-corrected chi connectivity index (χ2v) is 8.78. The standard InChI is InChI=1S/C24H39N5O/c1-25-23(30)17-19-13-15-29(16-14-19)24(26-2)27-18-20-9-11-22(12-10-20)28(3)21-7-5-4-6-8-21/h9-12,19,21H,4-8,13-18H2,1-3H3,(H,25,30)(H,26,27). The van der Waals surface area contributed by atoms with Gasteiger partial charge in [0.05, 0.1) is 0 Å². The number of piperidine rings is 1. The van der Waals surface area contributed by atoms with Crippen LogP contribution >= 0.6 is 0 Å². The lowest BCUT2D eigenvalue weighted by Gasteiger charge is -2.34. The second-order valence-electron chi connectivity index (χ2n) is 8.78. The molecule has 0 bridgehead atoms. The van der Waals surface area contributed by atoms with Crippen molar-refractivity contribution in [1.29, 1.82) is 0 Å². The predicted molar refractivity (Wildman–Crippen MR) is 125 cm³/mol. The minimum Gasteiger partial charge on any atom is -0.372 e. The van der Waals surface area contributed by atoms with E-state index in [-0.39, 0.29) is 5.91 Å². The zero-order valence-corrected chi connectivity index (χ0v) is 19.0. The number of amides is 1. The fourth-order valence-electron chi connectivity index (χ4n) is 4.75. The van der Waals surface area contributed by atoms with E-state index in [1.807, 2.05) is 7.05 Å². The molecule has 0 atom stereocenters. The van der Waals surface area contributed by atoms with Crippen LogP contribution in [-0.4, -0.2) is 57.0 Å². The number of carbonyl (C=O) groups excluding carboxylic acids is 1. The van der Waals surface area contributed by atoms with Crippen LogP contribution < -0.4 is 15.5 Å². The molecule has 2 N–H and O–H groups in total. The lowest BCUT2D eigenvalue weighted by Crippen LogP contribution is -2.45. The Balaban J connectivity index is 1.46. The van der Waals surface area contributed by atoms with Crippen molar-refractivity contribution in [3.8, 4) is 0 Å². The zero-order chi connectivity index (χ0) is 21.3. The van der Waals surface area contributed by atoms with Crippen LogP contribution in [0.1, 0.15) is 56.9 Å². The summed E-state index contributed by atoms with van der Waals surface area (Å²) >= 11 is 0. The second kappa shape index (κ2) is 11.2. The molecule has 0 spiro atoms. The smallest absolute Gasteiger partial charge is 0.220 e. The first-order valence-electron chi connectivity index (χ1n) is 11.6. The van der Waals surface area contributed by atoms with Gasteiger partial charge >= 0.3 is 0 Å². The maximum atomic E-state index is 11.6. The quantitative estimate of drug-likeness (QED) is 0.554. The Hall–Kier alpha value is -2.24. The van der Waals surface area contributed by atoms with Crippen LogP contribution in [0.4, 0.5) is 5.69 Å². The Kier molecular flexibility index (Phi) is 8.40. The Morgan fingerprint density at radius 3 is 2.37 bits per heavy atom. The summed E-state index contributed by atoms with van der Waals surface area (Å²) in [5.74, 6) is 1.58. The highest BCUT2D eigenvalue weighted by Crippen LogP contribution is 2.26. The van der Waals surface area contributed by atoms with E-state index in [1.165, 1.54) is 43.4 Å². The van der Waals surface area contributed by atoms with Gasteiger partial charge in [-0.25, -0.2) is 0 Å². The Morgan fingerprint density at radius 2 is 1.77 bits per heavy atom. The van der Waals surface area contributed by atoms with Crippen molar-refractivity contribution in [3.63, 3.8) is 0 Å². The van der Waals surface area contributed by atoms with Gasteiger partial charge < -0.3 is 20.4 Å². The molecule has 30 heavy (non-hydrogen) atoms. The fraction of sp³-hybridized carbons (Fsp3) is 0.667. The van der Waals surface area contributed by atoms with Crippen molar-refractivity contribution in [2.45, 2.75) is 64.0 Å². The largest absolute Gasteiger partial charge is 0.372 e. The van der Waals surface area contributed by atoms with E-state index in [0.717, 1.165) is 38.4 Å². The molecule has 0 unspecified atom stereocenters. The number of guanidine groups is 1. The molecule has 1 aromatic rings.